The molecule has 152 valence electrons. The number of aromatic nitrogens is 2. The lowest BCUT2D eigenvalue weighted by molar-refractivity contribution is 0.220. The molecular weight excluding hydrogens is 402 g/mol. The molecule has 1 unspecified atom stereocenters. The van der Waals surface area contributed by atoms with Gasteiger partial charge in [0.2, 0.25) is 0 Å². The van der Waals surface area contributed by atoms with Gasteiger partial charge in [0.15, 0.2) is 11.5 Å². The van der Waals surface area contributed by atoms with Gasteiger partial charge in [0.05, 0.1) is 19.7 Å². The Morgan fingerprint density at radius 1 is 0.933 bits per heavy atom. The number of hydrogen-bond acceptors (Lipinski definition) is 6. The van der Waals surface area contributed by atoms with Crippen molar-refractivity contribution in [3.05, 3.63) is 83.1 Å². The highest BCUT2D eigenvalue weighted by atomic mass is 35.5. The van der Waals surface area contributed by atoms with Crippen molar-refractivity contribution in [1.82, 2.24) is 9.97 Å². The molecule has 0 aliphatic carbocycles. The van der Waals surface area contributed by atoms with Crippen LogP contribution in [0, 0.1) is 0 Å². The fraction of sp³-hybridized carbons (Fsp3) is 0.130. The number of anilines is 2. The molecule has 2 N–H and O–H groups in total. The fourth-order valence-electron chi connectivity index (χ4n) is 3.26. The van der Waals surface area contributed by atoms with Crippen molar-refractivity contribution in [1.29, 1.82) is 0 Å². The second kappa shape index (κ2) is 8.57. The van der Waals surface area contributed by atoms with Crippen molar-refractivity contribution in [2.24, 2.45) is 0 Å². The summed E-state index contributed by atoms with van der Waals surface area (Å²) in [5.41, 5.74) is 2.86. The van der Waals surface area contributed by atoms with E-state index < -0.39 is 6.10 Å². The van der Waals surface area contributed by atoms with Gasteiger partial charge in [-0.25, -0.2) is 9.97 Å². The van der Waals surface area contributed by atoms with Crippen molar-refractivity contribution < 1.29 is 14.6 Å². The van der Waals surface area contributed by atoms with E-state index in [0.29, 0.717) is 33.4 Å². The third kappa shape index (κ3) is 3.87. The van der Waals surface area contributed by atoms with E-state index in [0.717, 1.165) is 16.6 Å². The van der Waals surface area contributed by atoms with Crippen molar-refractivity contribution in [2.75, 3.05) is 19.5 Å². The first-order valence-corrected chi connectivity index (χ1v) is 9.64. The molecule has 0 saturated carbocycles. The maximum atomic E-state index is 10.7. The Morgan fingerprint density at radius 2 is 1.67 bits per heavy atom. The summed E-state index contributed by atoms with van der Waals surface area (Å²) >= 11 is 6.48. The molecule has 0 spiro atoms. The lowest BCUT2D eigenvalue weighted by atomic mass is 10.0. The number of aliphatic hydroxyl groups is 1. The molecule has 0 saturated heterocycles. The molecule has 1 aromatic heterocycles. The number of nitrogens with one attached hydrogen (secondary N) is 1. The van der Waals surface area contributed by atoms with E-state index >= 15 is 0 Å². The van der Waals surface area contributed by atoms with Crippen LogP contribution in [0.3, 0.4) is 0 Å². The largest absolute Gasteiger partial charge is 0.493 e. The summed E-state index contributed by atoms with van der Waals surface area (Å²) in [7, 11) is 3.16. The van der Waals surface area contributed by atoms with Crippen LogP contribution in [0.25, 0.3) is 10.9 Å². The first kappa shape index (κ1) is 19.9. The number of hydrogen-bond donors (Lipinski definition) is 2. The van der Waals surface area contributed by atoms with Crippen LogP contribution in [0.1, 0.15) is 17.2 Å². The summed E-state index contributed by atoms with van der Waals surface area (Å²) in [5.74, 6) is 1.78. The minimum atomic E-state index is -0.802. The molecule has 0 aliphatic heterocycles. The number of fused-ring (bicyclic) bond motifs is 1. The maximum absolute atomic E-state index is 10.7. The van der Waals surface area contributed by atoms with Crippen molar-refractivity contribution >= 4 is 34.0 Å². The molecule has 4 aromatic rings. The normalized spacial score (nSPS) is 11.9. The zero-order valence-corrected chi connectivity index (χ0v) is 17.2. The molecule has 0 amide bonds. The Balaban J connectivity index is 1.66. The minimum absolute atomic E-state index is 0.453. The number of halogens is 1. The zero-order valence-electron chi connectivity index (χ0n) is 16.5. The third-order valence-electron chi connectivity index (χ3n) is 4.81. The van der Waals surface area contributed by atoms with Crippen LogP contribution in [0.5, 0.6) is 11.5 Å². The van der Waals surface area contributed by atoms with Gasteiger partial charge in [0.1, 0.15) is 18.2 Å². The first-order chi connectivity index (χ1) is 14.6. The third-order valence-corrected chi connectivity index (χ3v) is 5.14. The van der Waals surface area contributed by atoms with Crippen LogP contribution in [-0.2, 0) is 0 Å². The Bertz CT molecular complexity index is 1190. The van der Waals surface area contributed by atoms with E-state index in [2.05, 4.69) is 15.3 Å². The standard InChI is InChI=1S/C23H20ClN3O3/c1-29-20-11-17-19(12-21(20)30-2)25-13-26-23(17)27-15-8-9-16(18(24)10-15)22(28)14-6-4-3-5-7-14/h3-13,22,28H,1-2H3,(H,25,26,27). The highest BCUT2D eigenvalue weighted by molar-refractivity contribution is 6.31. The van der Waals surface area contributed by atoms with Gasteiger partial charge in [-0.3, -0.25) is 0 Å². The van der Waals surface area contributed by atoms with Gasteiger partial charge in [-0.05, 0) is 23.8 Å². The second-order valence-corrected chi connectivity index (χ2v) is 7.03. The summed E-state index contributed by atoms with van der Waals surface area (Å²) in [6, 6.07) is 18.4. The molecule has 0 bridgehead atoms. The number of ether oxygens (including phenoxy) is 2. The molecule has 0 aliphatic rings. The number of rotatable bonds is 6. The number of methoxy groups -OCH3 is 2. The summed E-state index contributed by atoms with van der Waals surface area (Å²) in [6.07, 6.45) is 0.676. The SMILES string of the molecule is COc1cc2ncnc(Nc3ccc(C(O)c4ccccc4)c(Cl)c3)c2cc1OC. The summed E-state index contributed by atoms with van der Waals surface area (Å²) in [4.78, 5) is 8.67. The molecule has 0 fully saturated rings. The molecular formula is C23H20ClN3O3. The minimum Gasteiger partial charge on any atom is -0.493 e. The summed E-state index contributed by atoms with van der Waals surface area (Å²) in [5, 5.41) is 15.1. The van der Waals surface area contributed by atoms with E-state index in [4.69, 9.17) is 21.1 Å². The van der Waals surface area contributed by atoms with Crippen molar-refractivity contribution in [3.8, 4) is 11.5 Å². The van der Waals surface area contributed by atoms with Crippen LogP contribution in [0.15, 0.2) is 67.0 Å². The van der Waals surface area contributed by atoms with Crippen LogP contribution in [-0.4, -0.2) is 29.3 Å². The molecule has 1 atom stereocenters. The Kier molecular flexibility index (Phi) is 5.70. The van der Waals surface area contributed by atoms with Crippen LogP contribution in [0.4, 0.5) is 11.5 Å². The smallest absolute Gasteiger partial charge is 0.162 e. The van der Waals surface area contributed by atoms with Gasteiger partial charge in [-0.2, -0.15) is 0 Å². The van der Waals surface area contributed by atoms with E-state index in [-0.39, 0.29) is 0 Å². The van der Waals surface area contributed by atoms with Gasteiger partial charge in [-0.15, -0.1) is 0 Å². The highest BCUT2D eigenvalue weighted by Gasteiger charge is 2.15. The topological polar surface area (TPSA) is 76.5 Å². The molecule has 6 nitrogen and oxygen atoms in total. The van der Waals surface area contributed by atoms with Crippen molar-refractivity contribution in [2.45, 2.75) is 6.10 Å². The quantitative estimate of drug-likeness (QED) is 0.449. The highest BCUT2D eigenvalue weighted by Crippen LogP contribution is 2.35. The van der Waals surface area contributed by atoms with Gasteiger partial charge in [-0.1, -0.05) is 48.0 Å². The average Bonchev–Trinajstić information content (AvgIpc) is 2.78. The fourth-order valence-corrected chi connectivity index (χ4v) is 3.54. The number of nitrogens with zero attached hydrogens (tertiary/aromatic N) is 2. The predicted octanol–water partition coefficient (Wildman–Crippen LogP) is 5.13. The average molecular weight is 422 g/mol. The van der Waals surface area contributed by atoms with Crippen LogP contribution >= 0.6 is 11.6 Å². The second-order valence-electron chi connectivity index (χ2n) is 6.62. The maximum Gasteiger partial charge on any atom is 0.162 e. The lowest BCUT2D eigenvalue weighted by Gasteiger charge is -2.15. The van der Waals surface area contributed by atoms with Gasteiger partial charge >= 0.3 is 0 Å². The number of aliphatic hydroxyl groups excluding tert-OH is 1. The van der Waals surface area contributed by atoms with Crippen LogP contribution in [0.2, 0.25) is 5.02 Å². The Labute approximate surface area is 179 Å². The van der Waals surface area contributed by atoms with E-state index in [9.17, 15) is 5.11 Å². The van der Waals surface area contributed by atoms with E-state index in [1.54, 1.807) is 32.4 Å². The Hall–Kier alpha value is -3.35. The molecule has 7 heteroatoms. The monoisotopic (exact) mass is 421 g/mol. The Morgan fingerprint density at radius 3 is 2.37 bits per heavy atom. The molecule has 30 heavy (non-hydrogen) atoms. The van der Waals surface area contributed by atoms with Crippen LogP contribution < -0.4 is 14.8 Å². The molecule has 3 aromatic carbocycles. The van der Waals surface area contributed by atoms with E-state index in [1.807, 2.05) is 42.5 Å². The lowest BCUT2D eigenvalue weighted by Crippen LogP contribution is -2.02. The molecule has 0 radical (unpaired) electrons. The molecule has 1 heterocycles. The van der Waals surface area contributed by atoms with Gasteiger partial charge < -0.3 is 19.9 Å². The number of benzene rings is 3. The molecule has 4 rings (SSSR count). The summed E-state index contributed by atoms with van der Waals surface area (Å²) < 4.78 is 10.7. The van der Waals surface area contributed by atoms with E-state index in [1.165, 1.54) is 6.33 Å². The van der Waals surface area contributed by atoms with Crippen molar-refractivity contribution in [3.63, 3.8) is 0 Å². The predicted molar refractivity (Wildman–Crippen MR) is 118 cm³/mol. The van der Waals surface area contributed by atoms with Gasteiger partial charge in [0.25, 0.3) is 0 Å². The zero-order chi connectivity index (χ0) is 21.1. The first-order valence-electron chi connectivity index (χ1n) is 9.27. The van der Waals surface area contributed by atoms with Gasteiger partial charge in [0, 0.05) is 27.7 Å². The summed E-state index contributed by atoms with van der Waals surface area (Å²) in [6.45, 7) is 0.